The van der Waals surface area contributed by atoms with Gasteiger partial charge in [0.15, 0.2) is 12.4 Å². The summed E-state index contributed by atoms with van der Waals surface area (Å²) in [5, 5.41) is 16.2. The summed E-state index contributed by atoms with van der Waals surface area (Å²) >= 11 is 0. The zero-order chi connectivity index (χ0) is 10.8. The van der Waals surface area contributed by atoms with Crippen molar-refractivity contribution >= 4 is 22.1 Å². The van der Waals surface area contributed by atoms with Gasteiger partial charge in [0.1, 0.15) is 0 Å². The number of nitrogen functional groups attached to an aromatic ring is 1. The van der Waals surface area contributed by atoms with Gasteiger partial charge in [0, 0.05) is 29.4 Å². The van der Waals surface area contributed by atoms with Crippen molar-refractivity contribution in [2.24, 2.45) is 0 Å². The summed E-state index contributed by atoms with van der Waals surface area (Å²) < 4.78 is 0.780. The Morgan fingerprint density at radius 3 is 2.87 bits per heavy atom. The molecule has 0 atom stereocenters. The number of nitrogens with one attached hydrogen (secondary N) is 1. The first-order valence-electron chi connectivity index (χ1n) is 4.87. The number of aromatic nitrogens is 1. The lowest BCUT2D eigenvalue weighted by atomic mass is 10.1. The molecule has 0 spiro atoms. The van der Waals surface area contributed by atoms with Crippen molar-refractivity contribution in [3.8, 4) is 0 Å². The van der Waals surface area contributed by atoms with Gasteiger partial charge in [-0.3, -0.25) is 0 Å². The summed E-state index contributed by atoms with van der Waals surface area (Å²) in [6.07, 6.45) is 2.98. The summed E-state index contributed by atoms with van der Waals surface area (Å²) in [5.41, 5.74) is 7.46. The van der Waals surface area contributed by atoms with Gasteiger partial charge < -0.3 is 16.3 Å². The Hall–Kier alpha value is -1.97. The van der Waals surface area contributed by atoms with Gasteiger partial charge in [0.2, 0.25) is 0 Å². The number of anilines is 2. The van der Waals surface area contributed by atoms with E-state index in [9.17, 15) is 5.21 Å². The lowest BCUT2D eigenvalue weighted by molar-refractivity contribution is -0.603. The van der Waals surface area contributed by atoms with Crippen molar-refractivity contribution < 1.29 is 4.73 Å². The monoisotopic (exact) mass is 203 g/mol. The molecule has 0 amide bonds. The minimum Gasteiger partial charge on any atom is -0.619 e. The van der Waals surface area contributed by atoms with E-state index in [0.29, 0.717) is 5.69 Å². The van der Waals surface area contributed by atoms with E-state index in [4.69, 9.17) is 5.73 Å². The third-order valence-electron chi connectivity index (χ3n) is 2.33. The first-order chi connectivity index (χ1) is 7.22. The van der Waals surface area contributed by atoms with Gasteiger partial charge in [0.25, 0.3) is 0 Å². The summed E-state index contributed by atoms with van der Waals surface area (Å²) in [7, 11) is 0. The van der Waals surface area contributed by atoms with Crippen LogP contribution in [-0.4, -0.2) is 6.54 Å². The summed E-state index contributed by atoms with van der Waals surface area (Å²) in [4.78, 5) is 0. The van der Waals surface area contributed by atoms with E-state index in [0.717, 1.165) is 27.7 Å². The molecule has 78 valence electrons. The van der Waals surface area contributed by atoms with Crippen molar-refractivity contribution in [1.29, 1.82) is 0 Å². The van der Waals surface area contributed by atoms with E-state index in [2.05, 4.69) is 5.32 Å². The number of hydrogen-bond donors (Lipinski definition) is 2. The second-order valence-corrected chi connectivity index (χ2v) is 3.36. The lowest BCUT2D eigenvalue weighted by Gasteiger charge is -2.09. The Labute approximate surface area is 87.9 Å². The number of nitrogens with zero attached hydrogens (tertiary/aromatic N) is 1. The van der Waals surface area contributed by atoms with Crippen LogP contribution in [0, 0.1) is 5.21 Å². The molecule has 1 heterocycles. The quantitative estimate of drug-likeness (QED) is 0.441. The lowest BCUT2D eigenvalue weighted by Crippen LogP contribution is -2.24. The highest BCUT2D eigenvalue weighted by Gasteiger charge is 2.06. The molecule has 1 aromatic heterocycles. The molecule has 4 nitrogen and oxygen atoms in total. The highest BCUT2D eigenvalue weighted by atomic mass is 16.5. The van der Waals surface area contributed by atoms with Crippen LogP contribution in [-0.2, 0) is 0 Å². The van der Waals surface area contributed by atoms with Crippen molar-refractivity contribution in [1.82, 2.24) is 0 Å². The predicted octanol–water partition coefficient (Wildman–Crippen LogP) is 1.49. The van der Waals surface area contributed by atoms with Crippen LogP contribution in [0.4, 0.5) is 11.4 Å². The number of pyridine rings is 1. The zero-order valence-electron chi connectivity index (χ0n) is 8.53. The maximum Gasteiger partial charge on any atom is 0.190 e. The Morgan fingerprint density at radius 2 is 2.13 bits per heavy atom. The SMILES string of the molecule is CCNc1ccc(N)c2cc[n+]([O-])cc12. The van der Waals surface area contributed by atoms with Crippen molar-refractivity contribution in [3.05, 3.63) is 35.8 Å². The number of benzene rings is 1. The molecule has 3 N–H and O–H groups in total. The van der Waals surface area contributed by atoms with E-state index in [1.54, 1.807) is 6.07 Å². The van der Waals surface area contributed by atoms with Gasteiger partial charge in [-0.25, -0.2) is 0 Å². The molecule has 0 radical (unpaired) electrons. The topological polar surface area (TPSA) is 65.0 Å². The van der Waals surface area contributed by atoms with Gasteiger partial charge in [-0.2, -0.15) is 4.73 Å². The summed E-state index contributed by atoms with van der Waals surface area (Å²) in [5.74, 6) is 0. The normalized spacial score (nSPS) is 10.5. The largest absolute Gasteiger partial charge is 0.619 e. The fraction of sp³-hybridized carbons (Fsp3) is 0.182. The van der Waals surface area contributed by atoms with Crippen molar-refractivity contribution in [2.45, 2.75) is 6.92 Å². The number of rotatable bonds is 2. The van der Waals surface area contributed by atoms with Gasteiger partial charge in [-0.05, 0) is 19.1 Å². The standard InChI is InChI=1S/C11H13N3O/c1-2-13-11-4-3-10(12)8-5-6-14(15)7-9(8)11/h3-7,13H,2,12H2,1H3. The molecule has 0 saturated carbocycles. The predicted molar refractivity (Wildman–Crippen MR) is 61.5 cm³/mol. The molecule has 0 fully saturated rings. The molecular weight excluding hydrogens is 190 g/mol. The molecule has 0 aliphatic heterocycles. The maximum absolute atomic E-state index is 11.2. The number of fused-ring (bicyclic) bond motifs is 1. The Balaban J connectivity index is 2.72. The fourth-order valence-electron chi connectivity index (χ4n) is 1.64. The van der Waals surface area contributed by atoms with Crippen molar-refractivity contribution in [3.63, 3.8) is 0 Å². The average Bonchev–Trinajstić information content (AvgIpc) is 2.22. The van der Waals surface area contributed by atoms with E-state index in [-0.39, 0.29) is 0 Å². The van der Waals surface area contributed by atoms with Crippen LogP contribution in [0.1, 0.15) is 6.92 Å². The molecular formula is C11H13N3O. The third kappa shape index (κ3) is 1.66. The molecule has 0 saturated heterocycles. The molecule has 0 unspecified atom stereocenters. The fourth-order valence-corrected chi connectivity index (χ4v) is 1.64. The number of nitrogens with two attached hydrogens (primary N) is 1. The molecule has 1 aromatic carbocycles. The summed E-state index contributed by atoms with van der Waals surface area (Å²) in [6, 6.07) is 5.47. The Morgan fingerprint density at radius 1 is 1.33 bits per heavy atom. The molecule has 0 bridgehead atoms. The minimum absolute atomic E-state index is 0.687. The Bertz CT molecular complexity index is 496. The zero-order valence-corrected chi connectivity index (χ0v) is 8.53. The first kappa shape index (κ1) is 9.58. The molecule has 0 aliphatic rings. The minimum atomic E-state index is 0.687. The third-order valence-corrected chi connectivity index (χ3v) is 2.33. The van der Waals surface area contributed by atoms with E-state index in [1.165, 1.54) is 12.4 Å². The second kappa shape index (κ2) is 3.65. The van der Waals surface area contributed by atoms with Crippen molar-refractivity contribution in [2.75, 3.05) is 17.6 Å². The van der Waals surface area contributed by atoms with Crippen LogP contribution < -0.4 is 15.8 Å². The van der Waals surface area contributed by atoms with Crippen LogP contribution in [0.15, 0.2) is 30.6 Å². The molecule has 4 heteroatoms. The highest BCUT2D eigenvalue weighted by molar-refractivity contribution is 6.00. The van der Waals surface area contributed by atoms with E-state index >= 15 is 0 Å². The number of hydrogen-bond acceptors (Lipinski definition) is 3. The van der Waals surface area contributed by atoms with Crippen LogP contribution in [0.2, 0.25) is 0 Å². The molecule has 2 rings (SSSR count). The van der Waals surface area contributed by atoms with Gasteiger partial charge in [-0.15, -0.1) is 0 Å². The first-order valence-corrected chi connectivity index (χ1v) is 4.87. The second-order valence-electron chi connectivity index (χ2n) is 3.36. The Kier molecular flexibility index (Phi) is 2.33. The van der Waals surface area contributed by atoms with Crippen LogP contribution in [0.5, 0.6) is 0 Å². The van der Waals surface area contributed by atoms with Gasteiger partial charge in [0.05, 0.1) is 5.39 Å². The van der Waals surface area contributed by atoms with Crippen LogP contribution >= 0.6 is 0 Å². The smallest absolute Gasteiger partial charge is 0.190 e. The molecule has 15 heavy (non-hydrogen) atoms. The van der Waals surface area contributed by atoms with E-state index < -0.39 is 0 Å². The maximum atomic E-state index is 11.2. The van der Waals surface area contributed by atoms with Crippen LogP contribution in [0.25, 0.3) is 10.8 Å². The van der Waals surface area contributed by atoms with Gasteiger partial charge in [-0.1, -0.05) is 0 Å². The molecule has 2 aromatic rings. The van der Waals surface area contributed by atoms with E-state index in [1.807, 2.05) is 19.1 Å². The van der Waals surface area contributed by atoms with Crippen LogP contribution in [0.3, 0.4) is 0 Å². The molecule has 0 aliphatic carbocycles. The average molecular weight is 203 g/mol. The highest BCUT2D eigenvalue weighted by Crippen LogP contribution is 2.26. The van der Waals surface area contributed by atoms with Gasteiger partial charge >= 0.3 is 0 Å². The summed E-state index contributed by atoms with van der Waals surface area (Å²) in [6.45, 7) is 2.82.